The fraction of sp³-hybridized carbons (Fsp3) is 0.586. The predicted molar refractivity (Wildman–Crippen MR) is 162 cm³/mol. The van der Waals surface area contributed by atoms with Crippen molar-refractivity contribution in [3.63, 3.8) is 0 Å². The molecule has 0 radical (unpaired) electrons. The number of ether oxygens (including phenoxy) is 3. The van der Waals surface area contributed by atoms with Crippen molar-refractivity contribution in [2.75, 3.05) is 57.9 Å². The molecule has 0 aliphatic carbocycles. The van der Waals surface area contributed by atoms with Gasteiger partial charge in [0.2, 0.25) is 20.0 Å². The first-order chi connectivity index (χ1) is 20.4. The van der Waals surface area contributed by atoms with Crippen LogP contribution in [0.15, 0.2) is 52.3 Å². The van der Waals surface area contributed by atoms with Crippen LogP contribution >= 0.6 is 0 Å². The number of piperidine rings is 1. The Balaban J connectivity index is 1.10. The third-order valence-corrected chi connectivity index (χ3v) is 11.7. The van der Waals surface area contributed by atoms with Gasteiger partial charge in [-0.15, -0.1) is 0 Å². The Bertz CT molecular complexity index is 1490. The molecular formula is C29H42N4O8S2. The average molecular weight is 639 g/mol. The van der Waals surface area contributed by atoms with Crippen molar-refractivity contribution < 1.29 is 36.2 Å². The molecule has 0 saturated carbocycles. The number of hydrogen-bond acceptors (Lipinski definition) is 10. The highest BCUT2D eigenvalue weighted by atomic mass is 32.2. The summed E-state index contributed by atoms with van der Waals surface area (Å²) in [5, 5.41) is 13.8. The van der Waals surface area contributed by atoms with Gasteiger partial charge in [-0.1, -0.05) is 6.07 Å². The molecule has 43 heavy (non-hydrogen) atoms. The molecular weight excluding hydrogens is 596 g/mol. The molecule has 2 saturated heterocycles. The van der Waals surface area contributed by atoms with Crippen LogP contribution in [-0.2, 0) is 24.8 Å². The maximum atomic E-state index is 13.6. The Morgan fingerprint density at radius 1 is 1.07 bits per heavy atom. The Kier molecular flexibility index (Phi) is 9.57. The number of aliphatic hydroxyl groups is 1. The highest BCUT2D eigenvalue weighted by molar-refractivity contribution is 7.89. The number of nitrogens with one attached hydrogen (secondary N) is 2. The van der Waals surface area contributed by atoms with Gasteiger partial charge >= 0.3 is 0 Å². The number of aliphatic hydroxyl groups excluding tert-OH is 1. The lowest BCUT2D eigenvalue weighted by Gasteiger charge is -2.38. The zero-order chi connectivity index (χ0) is 30.8. The van der Waals surface area contributed by atoms with Crippen molar-refractivity contribution in [2.45, 2.75) is 66.7 Å². The Morgan fingerprint density at radius 2 is 1.84 bits per heavy atom. The molecule has 3 aliphatic heterocycles. The van der Waals surface area contributed by atoms with Crippen LogP contribution in [0, 0.1) is 0 Å². The molecule has 2 atom stereocenters. The van der Waals surface area contributed by atoms with Crippen molar-refractivity contribution in [3.8, 4) is 11.5 Å². The molecule has 14 heteroatoms. The zero-order valence-corrected chi connectivity index (χ0v) is 26.5. The second-order valence-electron chi connectivity index (χ2n) is 11.6. The van der Waals surface area contributed by atoms with Gasteiger partial charge in [-0.3, -0.25) is 0 Å². The largest absolute Gasteiger partial charge is 0.491 e. The zero-order valence-electron chi connectivity index (χ0n) is 24.9. The van der Waals surface area contributed by atoms with Gasteiger partial charge in [0.15, 0.2) is 0 Å². The summed E-state index contributed by atoms with van der Waals surface area (Å²) in [5.41, 5.74) is 0.411. The van der Waals surface area contributed by atoms with Crippen LogP contribution in [0.4, 0.5) is 5.69 Å². The molecule has 3 aliphatic rings. The van der Waals surface area contributed by atoms with Gasteiger partial charge in [0.25, 0.3) is 0 Å². The SMILES string of the molecule is CNS(=O)(=O)c1cccc(OCC(O)CNC2COC3(CCN(S(=O)(=O)c4ccc5c(c4)N(C(C)C)CCO5)CC3)C2)c1. The van der Waals surface area contributed by atoms with Gasteiger partial charge in [0, 0.05) is 37.8 Å². The van der Waals surface area contributed by atoms with E-state index in [1.807, 2.05) is 0 Å². The summed E-state index contributed by atoms with van der Waals surface area (Å²) in [6, 6.07) is 11.5. The normalized spacial score (nSPS) is 21.5. The lowest BCUT2D eigenvalue weighted by atomic mass is 9.88. The van der Waals surface area contributed by atoms with Crippen LogP contribution in [0.25, 0.3) is 0 Å². The van der Waals surface area contributed by atoms with Gasteiger partial charge in [-0.05, 0) is 70.5 Å². The summed E-state index contributed by atoms with van der Waals surface area (Å²) in [5.74, 6) is 1.06. The third-order valence-electron chi connectivity index (χ3n) is 8.40. The lowest BCUT2D eigenvalue weighted by molar-refractivity contribution is -0.0312. The standard InChI is InChI=1S/C29H42N4O8S2/c1-21(2)33-13-14-39-28-8-7-26(16-27(28)33)43(37,38)32-11-9-29(10-12-32)17-22(19-41-29)31-18-23(34)20-40-24-5-4-6-25(15-24)42(35,36)30-3/h4-8,15-16,21-23,30-31,34H,9-14,17-20H2,1-3H3. The van der Waals surface area contributed by atoms with Crippen molar-refractivity contribution in [1.82, 2.24) is 14.3 Å². The van der Waals surface area contributed by atoms with Crippen molar-refractivity contribution in [3.05, 3.63) is 42.5 Å². The van der Waals surface area contributed by atoms with Crippen LogP contribution in [0.1, 0.15) is 33.1 Å². The molecule has 3 heterocycles. The van der Waals surface area contributed by atoms with E-state index in [2.05, 4.69) is 28.8 Å². The minimum atomic E-state index is -3.67. The average Bonchev–Trinajstić information content (AvgIpc) is 3.40. The molecule has 2 aromatic rings. The van der Waals surface area contributed by atoms with Crippen LogP contribution in [0.3, 0.4) is 0 Å². The minimum Gasteiger partial charge on any atom is -0.491 e. The first-order valence-electron chi connectivity index (χ1n) is 14.7. The summed E-state index contributed by atoms with van der Waals surface area (Å²) < 4.78 is 72.6. The molecule has 238 valence electrons. The summed E-state index contributed by atoms with van der Waals surface area (Å²) in [6.45, 7) is 6.94. The quantitative estimate of drug-likeness (QED) is 0.331. The Hall–Kier alpha value is -2.46. The van der Waals surface area contributed by atoms with E-state index in [9.17, 15) is 21.9 Å². The van der Waals surface area contributed by atoms with E-state index in [0.29, 0.717) is 57.2 Å². The molecule has 12 nitrogen and oxygen atoms in total. The maximum Gasteiger partial charge on any atom is 0.243 e. The molecule has 2 unspecified atom stereocenters. The first kappa shape index (κ1) is 31.9. The molecule has 2 fully saturated rings. The van der Waals surface area contributed by atoms with Crippen LogP contribution in [0.5, 0.6) is 11.5 Å². The van der Waals surface area contributed by atoms with Gasteiger partial charge in [-0.2, -0.15) is 4.31 Å². The van der Waals surface area contributed by atoms with E-state index in [4.69, 9.17) is 14.2 Å². The van der Waals surface area contributed by atoms with E-state index in [1.54, 1.807) is 34.6 Å². The fourth-order valence-corrected chi connectivity index (χ4v) is 8.15. The van der Waals surface area contributed by atoms with E-state index in [-0.39, 0.29) is 35.0 Å². The number of anilines is 1. The lowest BCUT2D eigenvalue weighted by Crippen LogP contribution is -2.47. The summed E-state index contributed by atoms with van der Waals surface area (Å²) in [4.78, 5) is 2.53. The van der Waals surface area contributed by atoms with Gasteiger partial charge in [-0.25, -0.2) is 21.6 Å². The smallest absolute Gasteiger partial charge is 0.243 e. The van der Waals surface area contributed by atoms with Crippen LogP contribution in [0.2, 0.25) is 0 Å². The topological polar surface area (TPSA) is 147 Å². The Labute approximate surface area is 254 Å². The van der Waals surface area contributed by atoms with E-state index in [0.717, 1.165) is 12.1 Å². The van der Waals surface area contributed by atoms with Crippen molar-refractivity contribution >= 4 is 25.7 Å². The predicted octanol–water partition coefficient (Wildman–Crippen LogP) is 1.54. The van der Waals surface area contributed by atoms with Crippen LogP contribution in [-0.4, -0.2) is 103 Å². The van der Waals surface area contributed by atoms with E-state index < -0.39 is 31.8 Å². The summed E-state index contributed by atoms with van der Waals surface area (Å²) >= 11 is 0. The molecule has 0 aromatic heterocycles. The number of rotatable bonds is 11. The molecule has 1 spiro atoms. The molecule has 2 aromatic carbocycles. The number of nitrogens with zero attached hydrogens (tertiary/aromatic N) is 2. The van der Waals surface area contributed by atoms with Crippen molar-refractivity contribution in [2.24, 2.45) is 0 Å². The van der Waals surface area contributed by atoms with Gasteiger partial charge in [0.1, 0.15) is 30.8 Å². The van der Waals surface area contributed by atoms with Gasteiger partial charge in [0.05, 0.1) is 34.2 Å². The summed E-state index contributed by atoms with van der Waals surface area (Å²) in [7, 11) is -5.92. The Morgan fingerprint density at radius 3 is 2.56 bits per heavy atom. The van der Waals surface area contributed by atoms with Crippen LogP contribution < -0.4 is 24.4 Å². The van der Waals surface area contributed by atoms with Gasteiger partial charge < -0.3 is 29.5 Å². The third kappa shape index (κ3) is 7.11. The van der Waals surface area contributed by atoms with Crippen molar-refractivity contribution in [1.29, 1.82) is 0 Å². The maximum absolute atomic E-state index is 13.6. The highest BCUT2D eigenvalue weighted by Gasteiger charge is 2.45. The molecule has 0 bridgehead atoms. The molecule has 0 amide bonds. The number of hydrogen-bond donors (Lipinski definition) is 3. The minimum absolute atomic E-state index is 0.00859. The second-order valence-corrected chi connectivity index (χ2v) is 15.4. The summed E-state index contributed by atoms with van der Waals surface area (Å²) in [6.07, 6.45) is 1.09. The first-order valence-corrected chi connectivity index (χ1v) is 17.6. The fourth-order valence-electron chi connectivity index (χ4n) is 5.92. The van der Waals surface area contributed by atoms with E-state index >= 15 is 0 Å². The van der Waals surface area contributed by atoms with E-state index in [1.165, 1.54) is 19.2 Å². The highest BCUT2D eigenvalue weighted by Crippen LogP contribution is 2.39. The number of fused-ring (bicyclic) bond motifs is 1. The molecule has 5 rings (SSSR count). The monoisotopic (exact) mass is 638 g/mol. The second kappa shape index (κ2) is 12.9. The number of benzene rings is 2. The number of sulfonamides is 2. The molecule has 3 N–H and O–H groups in total.